The number of likely N-dealkylation sites (tertiary alicyclic amines) is 1. The van der Waals surface area contributed by atoms with E-state index in [9.17, 15) is 4.79 Å². The SMILES string of the molecule is CCN1C[C@@H]2C[C@H]1CN2c1nc(C)cc(Nc2cc3nc(-c4ccnc(C(=O)NC5CCCC5)c4)sc3cn2)n1. The number of fused-ring (bicyclic) bond motifs is 3. The summed E-state index contributed by atoms with van der Waals surface area (Å²) >= 11 is 1.55. The molecule has 2 saturated heterocycles. The van der Waals surface area contributed by atoms with Gasteiger partial charge in [-0.2, -0.15) is 4.98 Å². The fourth-order valence-electron chi connectivity index (χ4n) is 6.30. The van der Waals surface area contributed by atoms with Crippen molar-refractivity contribution in [1.29, 1.82) is 0 Å². The van der Waals surface area contributed by atoms with Gasteiger partial charge in [-0.25, -0.2) is 15.0 Å². The molecule has 40 heavy (non-hydrogen) atoms. The van der Waals surface area contributed by atoms with Gasteiger partial charge in [0.2, 0.25) is 5.95 Å². The van der Waals surface area contributed by atoms with Gasteiger partial charge in [0.25, 0.3) is 5.91 Å². The zero-order valence-corrected chi connectivity index (χ0v) is 23.6. The molecule has 0 aromatic carbocycles. The van der Waals surface area contributed by atoms with Crippen LogP contribution in [0.25, 0.3) is 20.8 Å². The summed E-state index contributed by atoms with van der Waals surface area (Å²) in [6, 6.07) is 8.93. The molecule has 2 atom stereocenters. The van der Waals surface area contributed by atoms with Crippen LogP contribution in [0.2, 0.25) is 0 Å². The third-order valence-electron chi connectivity index (χ3n) is 8.32. The summed E-state index contributed by atoms with van der Waals surface area (Å²) in [4.78, 5) is 41.1. The van der Waals surface area contributed by atoms with Gasteiger partial charge in [-0.1, -0.05) is 19.8 Å². The Labute approximate surface area is 237 Å². The van der Waals surface area contributed by atoms with Crippen molar-refractivity contribution in [2.45, 2.75) is 64.1 Å². The average molecular weight is 556 g/mol. The monoisotopic (exact) mass is 555 g/mol. The lowest BCUT2D eigenvalue weighted by atomic mass is 10.2. The van der Waals surface area contributed by atoms with Crippen LogP contribution in [0.5, 0.6) is 0 Å². The Hall–Kier alpha value is -3.70. The van der Waals surface area contributed by atoms with Crippen LogP contribution in [0, 0.1) is 6.92 Å². The molecule has 10 nitrogen and oxygen atoms in total. The number of hydrogen-bond donors (Lipinski definition) is 2. The summed E-state index contributed by atoms with van der Waals surface area (Å²) in [5.74, 6) is 2.08. The second kappa shape index (κ2) is 10.4. The van der Waals surface area contributed by atoms with E-state index in [2.05, 4.69) is 37.3 Å². The molecule has 1 aliphatic carbocycles. The van der Waals surface area contributed by atoms with Gasteiger partial charge in [0.15, 0.2) is 0 Å². The molecule has 11 heteroatoms. The van der Waals surface area contributed by atoms with Crippen LogP contribution in [-0.2, 0) is 0 Å². The highest BCUT2D eigenvalue weighted by molar-refractivity contribution is 7.21. The van der Waals surface area contributed by atoms with Gasteiger partial charge in [-0.3, -0.25) is 14.7 Å². The van der Waals surface area contributed by atoms with E-state index >= 15 is 0 Å². The number of likely N-dealkylation sites (N-methyl/N-ethyl adjacent to an activating group) is 1. The topological polar surface area (TPSA) is 112 Å². The summed E-state index contributed by atoms with van der Waals surface area (Å²) < 4.78 is 0.974. The predicted octanol–water partition coefficient (Wildman–Crippen LogP) is 4.55. The van der Waals surface area contributed by atoms with Crippen LogP contribution in [0.1, 0.15) is 55.2 Å². The summed E-state index contributed by atoms with van der Waals surface area (Å²) in [6.45, 7) is 7.39. The first kappa shape index (κ1) is 25.3. The first-order valence-corrected chi connectivity index (χ1v) is 15.0. The molecule has 2 N–H and O–H groups in total. The summed E-state index contributed by atoms with van der Waals surface area (Å²) in [5.41, 5.74) is 3.06. The second-order valence-electron chi connectivity index (χ2n) is 11.0. The molecule has 4 aromatic rings. The molecule has 4 aromatic heterocycles. The van der Waals surface area contributed by atoms with Crippen molar-refractivity contribution >= 4 is 45.0 Å². The van der Waals surface area contributed by atoms with Crippen LogP contribution < -0.4 is 15.5 Å². The van der Waals surface area contributed by atoms with Crippen molar-refractivity contribution in [3.8, 4) is 10.6 Å². The van der Waals surface area contributed by atoms with Crippen molar-refractivity contribution in [2.75, 3.05) is 29.9 Å². The quantitative estimate of drug-likeness (QED) is 0.339. The molecular formula is C29H33N9OS. The number of piperazine rings is 1. The third-order valence-corrected chi connectivity index (χ3v) is 9.38. The normalized spacial score (nSPS) is 21.0. The number of thiazole rings is 1. The number of carbonyl (C=O) groups excluding carboxylic acids is 1. The van der Waals surface area contributed by atoms with Crippen LogP contribution in [-0.4, -0.2) is 73.5 Å². The van der Waals surface area contributed by atoms with Gasteiger partial charge in [0.05, 0.1) is 10.2 Å². The van der Waals surface area contributed by atoms with Gasteiger partial charge in [-0.05, 0) is 44.9 Å². The number of aryl methyl sites for hydroxylation is 1. The van der Waals surface area contributed by atoms with Crippen molar-refractivity contribution in [1.82, 2.24) is 35.1 Å². The molecule has 6 heterocycles. The van der Waals surface area contributed by atoms with E-state index in [1.54, 1.807) is 17.5 Å². The van der Waals surface area contributed by atoms with Crippen LogP contribution >= 0.6 is 11.3 Å². The van der Waals surface area contributed by atoms with Crippen molar-refractivity contribution in [3.63, 3.8) is 0 Å². The standard InChI is InChI=1S/C29H33N9OS/c1-3-37-15-21-12-20(37)16-38(21)29-32-17(2)10-26(36-29)35-25-13-22-24(14-31-25)40-28(34-22)18-8-9-30-23(11-18)27(39)33-19-6-4-5-7-19/h8-11,13-14,19-21H,3-7,12,15-16H2,1-2H3,(H,33,39)(H,31,32,35,36)/t20-,21-/m0/s1. The Morgan fingerprint density at radius 3 is 2.73 bits per heavy atom. The number of pyridine rings is 2. The van der Waals surface area contributed by atoms with E-state index in [-0.39, 0.29) is 11.9 Å². The maximum absolute atomic E-state index is 12.7. The maximum Gasteiger partial charge on any atom is 0.270 e. The highest BCUT2D eigenvalue weighted by atomic mass is 32.1. The molecule has 2 bridgehead atoms. The number of anilines is 3. The van der Waals surface area contributed by atoms with Gasteiger partial charge in [-0.15, -0.1) is 11.3 Å². The molecule has 1 saturated carbocycles. The Bertz CT molecular complexity index is 1570. The smallest absolute Gasteiger partial charge is 0.270 e. The van der Waals surface area contributed by atoms with E-state index in [4.69, 9.17) is 15.0 Å². The van der Waals surface area contributed by atoms with Crippen LogP contribution in [0.15, 0.2) is 36.7 Å². The number of carbonyl (C=O) groups is 1. The fourth-order valence-corrected chi connectivity index (χ4v) is 7.21. The minimum Gasteiger partial charge on any atom is -0.348 e. The second-order valence-corrected chi connectivity index (χ2v) is 12.1. The number of nitrogens with zero attached hydrogens (tertiary/aromatic N) is 7. The van der Waals surface area contributed by atoms with E-state index in [0.717, 1.165) is 70.7 Å². The molecule has 7 rings (SSSR count). The number of rotatable bonds is 7. The lowest BCUT2D eigenvalue weighted by Crippen LogP contribution is -2.46. The first-order valence-electron chi connectivity index (χ1n) is 14.2. The number of hydrogen-bond acceptors (Lipinski definition) is 10. The Kier molecular flexibility index (Phi) is 6.55. The molecule has 3 fully saturated rings. The minimum atomic E-state index is -0.119. The zero-order chi connectivity index (χ0) is 27.2. The van der Waals surface area contributed by atoms with Crippen molar-refractivity contribution < 1.29 is 4.79 Å². The number of aromatic nitrogens is 5. The van der Waals surface area contributed by atoms with Gasteiger partial charge in [0, 0.05) is 67.0 Å². The minimum absolute atomic E-state index is 0.119. The molecular weight excluding hydrogens is 522 g/mol. The highest BCUT2D eigenvalue weighted by Gasteiger charge is 2.43. The largest absolute Gasteiger partial charge is 0.348 e. The molecule has 0 spiro atoms. The highest BCUT2D eigenvalue weighted by Crippen LogP contribution is 2.34. The van der Waals surface area contributed by atoms with Gasteiger partial charge in [0.1, 0.15) is 22.3 Å². The molecule has 0 unspecified atom stereocenters. The van der Waals surface area contributed by atoms with E-state index in [1.807, 2.05) is 37.4 Å². The third kappa shape index (κ3) is 4.88. The zero-order valence-electron chi connectivity index (χ0n) is 22.8. The summed E-state index contributed by atoms with van der Waals surface area (Å²) in [7, 11) is 0. The summed E-state index contributed by atoms with van der Waals surface area (Å²) in [5, 5.41) is 7.32. The van der Waals surface area contributed by atoms with Gasteiger partial charge < -0.3 is 15.5 Å². The van der Waals surface area contributed by atoms with E-state index < -0.39 is 0 Å². The Morgan fingerprint density at radius 1 is 1.05 bits per heavy atom. The molecule has 3 aliphatic rings. The fraction of sp³-hybridized carbons (Fsp3) is 0.448. The lowest BCUT2D eigenvalue weighted by Gasteiger charge is -2.33. The van der Waals surface area contributed by atoms with E-state index in [1.165, 1.54) is 19.3 Å². The van der Waals surface area contributed by atoms with Crippen molar-refractivity contribution in [2.24, 2.45) is 0 Å². The average Bonchev–Trinajstić information content (AvgIpc) is 3.77. The van der Waals surface area contributed by atoms with Gasteiger partial charge >= 0.3 is 0 Å². The number of amides is 1. The van der Waals surface area contributed by atoms with Crippen LogP contribution in [0.3, 0.4) is 0 Å². The molecule has 2 aliphatic heterocycles. The number of nitrogens with one attached hydrogen (secondary N) is 2. The molecule has 206 valence electrons. The van der Waals surface area contributed by atoms with Crippen LogP contribution in [0.4, 0.5) is 17.6 Å². The Balaban J connectivity index is 1.09. The summed E-state index contributed by atoms with van der Waals surface area (Å²) in [6.07, 6.45) is 9.12. The Morgan fingerprint density at radius 2 is 1.93 bits per heavy atom. The van der Waals surface area contributed by atoms with Crippen molar-refractivity contribution in [3.05, 3.63) is 48.0 Å². The lowest BCUT2D eigenvalue weighted by molar-refractivity contribution is 0.0933. The predicted molar refractivity (Wildman–Crippen MR) is 157 cm³/mol. The molecule has 0 radical (unpaired) electrons. The van der Waals surface area contributed by atoms with E-state index in [0.29, 0.717) is 23.6 Å². The first-order chi connectivity index (χ1) is 19.5. The maximum atomic E-state index is 12.7. The molecule has 1 amide bonds.